The first-order chi connectivity index (χ1) is 9.13. The summed E-state index contributed by atoms with van der Waals surface area (Å²) in [6.45, 7) is -0.0452. The van der Waals surface area contributed by atoms with Crippen LogP contribution in [-0.4, -0.2) is 12.5 Å². The van der Waals surface area contributed by atoms with E-state index >= 15 is 0 Å². The maximum atomic E-state index is 11.7. The molecule has 4 nitrogen and oxygen atoms in total. The summed E-state index contributed by atoms with van der Waals surface area (Å²) >= 11 is 3.34. The summed E-state index contributed by atoms with van der Waals surface area (Å²) in [6, 6.07) is 14.3. The number of halogens is 1. The minimum atomic E-state index is -0.213. The Balaban J connectivity index is 1.86. The van der Waals surface area contributed by atoms with Gasteiger partial charge < -0.3 is 15.8 Å². The van der Waals surface area contributed by atoms with E-state index in [9.17, 15) is 4.79 Å². The molecule has 3 N–H and O–H groups in total. The first-order valence-electron chi connectivity index (χ1n) is 5.67. The van der Waals surface area contributed by atoms with Crippen LogP contribution in [0.5, 0.6) is 5.75 Å². The zero-order valence-corrected chi connectivity index (χ0v) is 11.7. The van der Waals surface area contributed by atoms with Gasteiger partial charge in [-0.15, -0.1) is 0 Å². The number of carbonyl (C=O) groups excluding carboxylic acids is 1. The fourth-order valence-corrected chi connectivity index (χ4v) is 1.88. The van der Waals surface area contributed by atoms with Gasteiger partial charge in [0.25, 0.3) is 5.91 Å². The number of nitrogens with one attached hydrogen (secondary N) is 1. The number of benzene rings is 2. The van der Waals surface area contributed by atoms with Crippen molar-refractivity contribution in [3.05, 3.63) is 53.0 Å². The maximum Gasteiger partial charge on any atom is 0.262 e. The first-order valence-corrected chi connectivity index (χ1v) is 6.46. The van der Waals surface area contributed by atoms with E-state index in [1.165, 1.54) is 0 Å². The molecule has 0 unspecified atom stereocenters. The molecule has 5 heteroatoms. The van der Waals surface area contributed by atoms with E-state index in [4.69, 9.17) is 10.5 Å². The van der Waals surface area contributed by atoms with Crippen molar-refractivity contribution >= 4 is 33.2 Å². The summed E-state index contributed by atoms with van der Waals surface area (Å²) in [5.41, 5.74) is 6.94. The highest BCUT2D eigenvalue weighted by Gasteiger charge is 2.03. The molecule has 0 saturated carbocycles. The number of carbonyl (C=O) groups is 1. The van der Waals surface area contributed by atoms with Crippen LogP contribution in [0.25, 0.3) is 0 Å². The zero-order valence-electron chi connectivity index (χ0n) is 10.1. The van der Waals surface area contributed by atoms with Gasteiger partial charge in [-0.05, 0) is 42.5 Å². The van der Waals surface area contributed by atoms with E-state index in [0.29, 0.717) is 11.4 Å². The molecule has 0 aliphatic rings. The van der Waals surface area contributed by atoms with Crippen molar-refractivity contribution in [3.63, 3.8) is 0 Å². The van der Waals surface area contributed by atoms with E-state index in [0.717, 1.165) is 10.2 Å². The number of anilines is 2. The molecule has 0 aliphatic carbocycles. The molecule has 1 amide bonds. The number of nitrogens with two attached hydrogens (primary N) is 1. The molecule has 0 fully saturated rings. The van der Waals surface area contributed by atoms with Crippen LogP contribution in [-0.2, 0) is 4.79 Å². The SMILES string of the molecule is Nc1ccc(OCC(=O)Nc2cccc(Br)c2)cc1. The van der Waals surface area contributed by atoms with Gasteiger partial charge in [0.2, 0.25) is 0 Å². The highest BCUT2D eigenvalue weighted by molar-refractivity contribution is 9.10. The fourth-order valence-electron chi connectivity index (χ4n) is 1.48. The average molecular weight is 321 g/mol. The number of amides is 1. The summed E-state index contributed by atoms with van der Waals surface area (Å²) in [6.07, 6.45) is 0. The number of ether oxygens (including phenoxy) is 1. The van der Waals surface area contributed by atoms with Gasteiger partial charge in [0.05, 0.1) is 0 Å². The average Bonchev–Trinajstić information content (AvgIpc) is 2.38. The van der Waals surface area contributed by atoms with E-state index in [1.54, 1.807) is 24.3 Å². The van der Waals surface area contributed by atoms with Crippen molar-refractivity contribution in [3.8, 4) is 5.75 Å². The molecular weight excluding hydrogens is 308 g/mol. The molecule has 2 aromatic rings. The lowest BCUT2D eigenvalue weighted by atomic mass is 10.3. The smallest absolute Gasteiger partial charge is 0.262 e. The van der Waals surface area contributed by atoms with Crippen molar-refractivity contribution in [1.82, 2.24) is 0 Å². The van der Waals surface area contributed by atoms with Crippen LogP contribution < -0.4 is 15.8 Å². The lowest BCUT2D eigenvalue weighted by Gasteiger charge is -2.08. The van der Waals surface area contributed by atoms with E-state index in [2.05, 4.69) is 21.2 Å². The second-order valence-corrected chi connectivity index (χ2v) is 4.83. The van der Waals surface area contributed by atoms with E-state index < -0.39 is 0 Å². The predicted molar refractivity (Wildman–Crippen MR) is 79.1 cm³/mol. The molecule has 2 aromatic carbocycles. The molecular formula is C14H13BrN2O2. The Hall–Kier alpha value is -2.01. The van der Waals surface area contributed by atoms with Gasteiger partial charge in [0.15, 0.2) is 6.61 Å². The quantitative estimate of drug-likeness (QED) is 0.851. The normalized spacial score (nSPS) is 9.95. The first kappa shape index (κ1) is 13.4. The monoisotopic (exact) mass is 320 g/mol. The summed E-state index contributed by atoms with van der Waals surface area (Å²) in [4.78, 5) is 11.7. The number of nitrogen functional groups attached to an aromatic ring is 1. The highest BCUT2D eigenvalue weighted by atomic mass is 79.9. The van der Waals surface area contributed by atoms with E-state index in [-0.39, 0.29) is 12.5 Å². The van der Waals surface area contributed by atoms with Crippen molar-refractivity contribution in [1.29, 1.82) is 0 Å². The van der Waals surface area contributed by atoms with Gasteiger partial charge in [-0.1, -0.05) is 22.0 Å². The minimum Gasteiger partial charge on any atom is -0.484 e. The molecule has 0 aliphatic heterocycles. The highest BCUT2D eigenvalue weighted by Crippen LogP contribution is 2.16. The summed E-state index contributed by atoms with van der Waals surface area (Å²) < 4.78 is 6.25. The number of rotatable bonds is 4. The largest absolute Gasteiger partial charge is 0.484 e. The van der Waals surface area contributed by atoms with Gasteiger partial charge in [0.1, 0.15) is 5.75 Å². The van der Waals surface area contributed by atoms with Crippen molar-refractivity contribution in [2.24, 2.45) is 0 Å². The topological polar surface area (TPSA) is 64.3 Å². The molecule has 2 rings (SSSR count). The minimum absolute atomic E-state index is 0.0452. The Morgan fingerprint density at radius 2 is 1.95 bits per heavy atom. The van der Waals surface area contributed by atoms with Gasteiger partial charge >= 0.3 is 0 Å². The molecule has 0 bridgehead atoms. The Bertz CT molecular complexity index is 570. The summed E-state index contributed by atoms with van der Waals surface area (Å²) in [7, 11) is 0. The molecule has 0 atom stereocenters. The van der Waals surface area contributed by atoms with Crippen LogP contribution in [0.1, 0.15) is 0 Å². The van der Waals surface area contributed by atoms with Gasteiger partial charge in [-0.25, -0.2) is 0 Å². The molecule has 0 heterocycles. The maximum absolute atomic E-state index is 11.7. The van der Waals surface area contributed by atoms with Crippen LogP contribution in [0.2, 0.25) is 0 Å². The van der Waals surface area contributed by atoms with Crippen LogP contribution in [0.15, 0.2) is 53.0 Å². The van der Waals surface area contributed by atoms with Crippen LogP contribution in [0.4, 0.5) is 11.4 Å². The Morgan fingerprint density at radius 1 is 1.21 bits per heavy atom. The number of hydrogen-bond acceptors (Lipinski definition) is 3. The lowest BCUT2D eigenvalue weighted by molar-refractivity contribution is -0.118. The standard InChI is InChI=1S/C14H13BrN2O2/c15-10-2-1-3-12(8-10)17-14(18)9-19-13-6-4-11(16)5-7-13/h1-8H,9,16H2,(H,17,18). The third-order valence-electron chi connectivity index (χ3n) is 2.36. The second kappa shape index (κ2) is 6.24. The zero-order chi connectivity index (χ0) is 13.7. The molecule has 0 aromatic heterocycles. The third kappa shape index (κ3) is 4.30. The number of hydrogen-bond donors (Lipinski definition) is 2. The van der Waals surface area contributed by atoms with Gasteiger partial charge in [-0.2, -0.15) is 0 Å². The van der Waals surface area contributed by atoms with Crippen molar-refractivity contribution in [2.75, 3.05) is 17.7 Å². The van der Waals surface area contributed by atoms with Gasteiger partial charge in [0, 0.05) is 15.8 Å². The van der Waals surface area contributed by atoms with Gasteiger partial charge in [-0.3, -0.25) is 4.79 Å². The van der Waals surface area contributed by atoms with E-state index in [1.807, 2.05) is 24.3 Å². The predicted octanol–water partition coefficient (Wildman–Crippen LogP) is 3.05. The summed E-state index contributed by atoms with van der Waals surface area (Å²) in [5.74, 6) is 0.397. The van der Waals surface area contributed by atoms with Crippen LogP contribution in [0.3, 0.4) is 0 Å². The lowest BCUT2D eigenvalue weighted by Crippen LogP contribution is -2.20. The fraction of sp³-hybridized carbons (Fsp3) is 0.0714. The van der Waals surface area contributed by atoms with Crippen molar-refractivity contribution < 1.29 is 9.53 Å². The molecule has 19 heavy (non-hydrogen) atoms. The van der Waals surface area contributed by atoms with Crippen LogP contribution >= 0.6 is 15.9 Å². The van der Waals surface area contributed by atoms with Crippen LogP contribution in [0, 0.1) is 0 Å². The Morgan fingerprint density at radius 3 is 2.63 bits per heavy atom. The third-order valence-corrected chi connectivity index (χ3v) is 2.85. The molecule has 0 radical (unpaired) electrons. The second-order valence-electron chi connectivity index (χ2n) is 3.92. The van der Waals surface area contributed by atoms with Crippen molar-refractivity contribution in [2.45, 2.75) is 0 Å². The molecule has 0 saturated heterocycles. The summed E-state index contributed by atoms with van der Waals surface area (Å²) in [5, 5.41) is 2.75. The Labute approximate surface area is 119 Å². The molecule has 0 spiro atoms. The molecule has 98 valence electrons. The Kier molecular flexibility index (Phi) is 4.41.